The lowest BCUT2D eigenvalue weighted by Crippen LogP contribution is -2.07. The number of nitriles is 1. The summed E-state index contributed by atoms with van der Waals surface area (Å²) in [5.41, 5.74) is 5.15. The lowest BCUT2D eigenvalue weighted by Gasteiger charge is -2.21. The second kappa shape index (κ2) is 5.72. The number of aromatic nitrogens is 1. The van der Waals surface area contributed by atoms with E-state index < -0.39 is 0 Å². The molecule has 0 aliphatic carbocycles. The summed E-state index contributed by atoms with van der Waals surface area (Å²) in [6.45, 7) is 6.09. The fourth-order valence-corrected chi connectivity index (χ4v) is 3.05. The predicted octanol–water partition coefficient (Wildman–Crippen LogP) is 4.37. The third-order valence-electron chi connectivity index (χ3n) is 3.79. The summed E-state index contributed by atoms with van der Waals surface area (Å²) in [6, 6.07) is 4.32. The number of benzene rings is 1. The Balaban J connectivity index is 2.76. The average Bonchev–Trinajstić information content (AvgIpc) is 2.97. The second-order valence-corrected chi connectivity index (χ2v) is 5.64. The van der Waals surface area contributed by atoms with Gasteiger partial charge in [-0.2, -0.15) is 5.26 Å². The molecule has 1 atom stereocenters. The van der Waals surface area contributed by atoms with Crippen LogP contribution in [0.1, 0.15) is 33.7 Å². The molecular formula is C16H17BrN2O. The molecule has 0 fully saturated rings. The summed E-state index contributed by atoms with van der Waals surface area (Å²) in [7, 11) is 1.66. The van der Waals surface area contributed by atoms with E-state index in [0.29, 0.717) is 0 Å². The van der Waals surface area contributed by atoms with E-state index in [1.807, 2.05) is 32.3 Å². The fourth-order valence-electron chi connectivity index (χ4n) is 2.54. The maximum absolute atomic E-state index is 9.61. The van der Waals surface area contributed by atoms with Gasteiger partial charge in [0.2, 0.25) is 0 Å². The van der Waals surface area contributed by atoms with Gasteiger partial charge in [-0.05, 0) is 49.1 Å². The molecule has 0 aliphatic rings. The molecule has 2 aromatic rings. The Bertz CT molecular complexity index is 669. The maximum atomic E-state index is 9.61. The SMILES string of the molecule is COc1c(C)c(C)c(Br)c(C)c1C(C#N)c1cc[nH]c1. The van der Waals surface area contributed by atoms with Crippen LogP contribution in [0, 0.1) is 32.1 Å². The molecule has 1 unspecified atom stereocenters. The van der Waals surface area contributed by atoms with Crippen LogP contribution in [-0.2, 0) is 0 Å². The van der Waals surface area contributed by atoms with Crippen molar-refractivity contribution >= 4 is 15.9 Å². The summed E-state index contributed by atoms with van der Waals surface area (Å²) in [5, 5.41) is 9.61. The molecule has 1 aromatic carbocycles. The quantitative estimate of drug-likeness (QED) is 0.907. The number of hydrogen-bond donors (Lipinski definition) is 1. The van der Waals surface area contributed by atoms with Gasteiger partial charge in [0, 0.05) is 22.4 Å². The second-order valence-electron chi connectivity index (χ2n) is 4.84. The highest BCUT2D eigenvalue weighted by Gasteiger charge is 2.25. The standard InChI is InChI=1S/C16H17BrN2O/c1-9-10(2)16(20-4)14(11(3)15(9)17)13(7-18)12-5-6-19-8-12/h5-6,8,13,19H,1-4H3. The molecule has 0 saturated carbocycles. The number of methoxy groups -OCH3 is 1. The van der Waals surface area contributed by atoms with Gasteiger partial charge >= 0.3 is 0 Å². The molecule has 3 nitrogen and oxygen atoms in total. The van der Waals surface area contributed by atoms with Gasteiger partial charge in [-0.25, -0.2) is 0 Å². The summed E-state index contributed by atoms with van der Waals surface area (Å²) >= 11 is 3.63. The first-order chi connectivity index (χ1) is 9.52. The zero-order chi connectivity index (χ0) is 14.9. The fraction of sp³-hybridized carbons (Fsp3) is 0.312. The lowest BCUT2D eigenvalue weighted by atomic mass is 9.87. The first-order valence-electron chi connectivity index (χ1n) is 6.38. The largest absolute Gasteiger partial charge is 0.496 e. The normalized spacial score (nSPS) is 12.0. The number of hydrogen-bond acceptors (Lipinski definition) is 2. The minimum atomic E-state index is -0.341. The number of ether oxygens (including phenoxy) is 1. The summed E-state index contributed by atoms with van der Waals surface area (Å²) in [5.74, 6) is 0.461. The van der Waals surface area contributed by atoms with Crippen molar-refractivity contribution in [1.29, 1.82) is 5.26 Å². The molecule has 1 heterocycles. The summed E-state index contributed by atoms with van der Waals surface area (Å²) in [6.07, 6.45) is 3.69. The van der Waals surface area contributed by atoms with Crippen LogP contribution in [0.4, 0.5) is 0 Å². The predicted molar refractivity (Wildman–Crippen MR) is 83.2 cm³/mol. The van der Waals surface area contributed by atoms with Crippen molar-refractivity contribution in [1.82, 2.24) is 4.98 Å². The first-order valence-corrected chi connectivity index (χ1v) is 7.17. The Hall–Kier alpha value is -1.73. The monoisotopic (exact) mass is 332 g/mol. The number of H-pyrrole nitrogens is 1. The van der Waals surface area contributed by atoms with E-state index in [9.17, 15) is 5.26 Å². The molecule has 0 saturated heterocycles. The van der Waals surface area contributed by atoms with E-state index in [-0.39, 0.29) is 5.92 Å². The lowest BCUT2D eigenvalue weighted by molar-refractivity contribution is 0.405. The van der Waals surface area contributed by atoms with Crippen LogP contribution in [-0.4, -0.2) is 12.1 Å². The first kappa shape index (κ1) is 14.7. The average molecular weight is 333 g/mol. The van der Waals surface area contributed by atoms with Crippen LogP contribution in [0.3, 0.4) is 0 Å². The number of rotatable bonds is 3. The van der Waals surface area contributed by atoms with E-state index in [0.717, 1.165) is 38.0 Å². The number of nitrogens with zero attached hydrogens (tertiary/aromatic N) is 1. The number of halogens is 1. The smallest absolute Gasteiger partial charge is 0.127 e. The van der Waals surface area contributed by atoms with E-state index in [2.05, 4.69) is 33.9 Å². The third kappa shape index (κ3) is 2.23. The van der Waals surface area contributed by atoms with Gasteiger partial charge < -0.3 is 9.72 Å². The zero-order valence-electron chi connectivity index (χ0n) is 12.0. The Morgan fingerprint density at radius 2 is 1.95 bits per heavy atom. The minimum absolute atomic E-state index is 0.341. The molecule has 4 heteroatoms. The van der Waals surface area contributed by atoms with Crippen LogP contribution in [0.25, 0.3) is 0 Å². The van der Waals surface area contributed by atoms with Gasteiger partial charge in [0.1, 0.15) is 11.7 Å². The minimum Gasteiger partial charge on any atom is -0.496 e. The van der Waals surface area contributed by atoms with Crippen molar-refractivity contribution in [3.63, 3.8) is 0 Å². The molecule has 0 amide bonds. The third-order valence-corrected chi connectivity index (χ3v) is 4.98. The van der Waals surface area contributed by atoms with E-state index in [4.69, 9.17) is 4.74 Å². The number of nitrogens with one attached hydrogen (secondary N) is 1. The van der Waals surface area contributed by atoms with Crippen molar-refractivity contribution < 1.29 is 4.74 Å². The Morgan fingerprint density at radius 1 is 1.25 bits per heavy atom. The van der Waals surface area contributed by atoms with Crippen molar-refractivity contribution in [2.75, 3.05) is 7.11 Å². The molecule has 0 bridgehead atoms. The van der Waals surface area contributed by atoms with Crippen molar-refractivity contribution in [3.05, 3.63) is 50.8 Å². The van der Waals surface area contributed by atoms with Crippen LogP contribution in [0.5, 0.6) is 5.75 Å². The molecule has 0 aliphatic heterocycles. The molecule has 2 rings (SSSR count). The highest BCUT2D eigenvalue weighted by Crippen LogP contribution is 2.41. The summed E-state index contributed by atoms with van der Waals surface area (Å²) < 4.78 is 6.63. The molecule has 1 N–H and O–H groups in total. The Kier molecular flexibility index (Phi) is 4.20. The Labute approximate surface area is 127 Å². The van der Waals surface area contributed by atoms with E-state index in [1.54, 1.807) is 7.11 Å². The topological polar surface area (TPSA) is 48.8 Å². The van der Waals surface area contributed by atoms with Gasteiger partial charge in [0.15, 0.2) is 0 Å². The van der Waals surface area contributed by atoms with Crippen molar-refractivity contribution in [2.24, 2.45) is 0 Å². The van der Waals surface area contributed by atoms with Crippen molar-refractivity contribution in [2.45, 2.75) is 26.7 Å². The van der Waals surface area contributed by atoms with Gasteiger partial charge in [0.05, 0.1) is 13.2 Å². The highest BCUT2D eigenvalue weighted by atomic mass is 79.9. The van der Waals surface area contributed by atoms with Crippen LogP contribution in [0.15, 0.2) is 22.9 Å². The van der Waals surface area contributed by atoms with E-state index >= 15 is 0 Å². The highest BCUT2D eigenvalue weighted by molar-refractivity contribution is 9.10. The van der Waals surface area contributed by atoms with Gasteiger partial charge in [-0.3, -0.25) is 0 Å². The Morgan fingerprint density at radius 3 is 2.45 bits per heavy atom. The van der Waals surface area contributed by atoms with Crippen LogP contribution in [0.2, 0.25) is 0 Å². The molecule has 1 aromatic heterocycles. The number of aromatic amines is 1. The van der Waals surface area contributed by atoms with Gasteiger partial charge in [-0.15, -0.1) is 0 Å². The van der Waals surface area contributed by atoms with Crippen LogP contribution >= 0.6 is 15.9 Å². The summed E-state index contributed by atoms with van der Waals surface area (Å²) in [4.78, 5) is 3.01. The molecule has 0 spiro atoms. The zero-order valence-corrected chi connectivity index (χ0v) is 13.6. The van der Waals surface area contributed by atoms with Gasteiger partial charge in [0.25, 0.3) is 0 Å². The molecule has 104 valence electrons. The maximum Gasteiger partial charge on any atom is 0.127 e. The molecule has 20 heavy (non-hydrogen) atoms. The molecular weight excluding hydrogens is 316 g/mol. The van der Waals surface area contributed by atoms with Gasteiger partial charge in [-0.1, -0.05) is 15.9 Å². The van der Waals surface area contributed by atoms with Crippen LogP contribution < -0.4 is 4.74 Å². The van der Waals surface area contributed by atoms with E-state index in [1.165, 1.54) is 0 Å². The molecule has 0 radical (unpaired) electrons. The van der Waals surface area contributed by atoms with Crippen molar-refractivity contribution in [3.8, 4) is 11.8 Å².